The number of carbonyl (C=O) groups excluding carboxylic acids is 1. The van der Waals surface area contributed by atoms with E-state index in [4.69, 9.17) is 18.9 Å². The molecule has 3 atom stereocenters. The molecular formula is C27H36N2O6. The summed E-state index contributed by atoms with van der Waals surface area (Å²) >= 11 is 0. The van der Waals surface area contributed by atoms with Crippen molar-refractivity contribution in [3.8, 4) is 23.0 Å². The van der Waals surface area contributed by atoms with Crippen molar-refractivity contribution < 1.29 is 28.8 Å². The van der Waals surface area contributed by atoms with Crippen LogP contribution < -0.4 is 24.3 Å². The molecule has 0 spiro atoms. The number of rotatable bonds is 10. The van der Waals surface area contributed by atoms with E-state index in [0.717, 1.165) is 25.1 Å². The lowest BCUT2D eigenvalue weighted by Crippen LogP contribution is -2.50. The monoisotopic (exact) mass is 484 g/mol. The molecule has 1 fully saturated rings. The Morgan fingerprint density at radius 2 is 1.86 bits per heavy atom. The zero-order valence-corrected chi connectivity index (χ0v) is 20.6. The van der Waals surface area contributed by atoms with Crippen molar-refractivity contribution in [3.05, 3.63) is 48.0 Å². The second-order valence-corrected chi connectivity index (χ2v) is 9.14. The molecule has 0 bridgehead atoms. The lowest BCUT2D eigenvalue weighted by molar-refractivity contribution is -0.123. The highest BCUT2D eigenvalue weighted by atomic mass is 16.6. The minimum atomic E-state index is -0.883. The van der Waals surface area contributed by atoms with Crippen molar-refractivity contribution in [1.29, 1.82) is 0 Å². The first-order chi connectivity index (χ1) is 17.0. The Morgan fingerprint density at radius 1 is 1.11 bits per heavy atom. The van der Waals surface area contributed by atoms with E-state index in [1.165, 1.54) is 6.42 Å². The van der Waals surface area contributed by atoms with Crippen LogP contribution in [0.5, 0.6) is 23.0 Å². The third-order valence-corrected chi connectivity index (χ3v) is 6.66. The van der Waals surface area contributed by atoms with Crippen LogP contribution in [0.1, 0.15) is 44.3 Å². The molecule has 35 heavy (non-hydrogen) atoms. The van der Waals surface area contributed by atoms with Crippen molar-refractivity contribution in [2.45, 2.75) is 50.8 Å². The number of hydrogen-bond acceptors (Lipinski definition) is 7. The molecule has 190 valence electrons. The summed E-state index contributed by atoms with van der Waals surface area (Å²) in [6.45, 7) is 4.97. The maximum Gasteiger partial charge on any atom is 0.223 e. The first-order valence-electron chi connectivity index (χ1n) is 12.4. The minimum Gasteiger partial charge on any atom is -0.497 e. The molecule has 1 unspecified atom stereocenters. The van der Waals surface area contributed by atoms with Gasteiger partial charge in [0.05, 0.1) is 26.2 Å². The van der Waals surface area contributed by atoms with Gasteiger partial charge in [-0.2, -0.15) is 0 Å². The highest BCUT2D eigenvalue weighted by molar-refractivity contribution is 5.76. The van der Waals surface area contributed by atoms with E-state index >= 15 is 0 Å². The summed E-state index contributed by atoms with van der Waals surface area (Å²) in [4.78, 5) is 15.2. The van der Waals surface area contributed by atoms with Gasteiger partial charge in [-0.15, -0.1) is 0 Å². The number of amides is 1. The SMILES string of the molecule is COc1ccc(OCCC(=O)N[C@H](CN2CCCCC2C)[C@H](O)c2ccc3c(c2)OCCO3)cc1. The molecule has 0 aromatic heterocycles. The molecule has 1 saturated heterocycles. The number of benzene rings is 2. The van der Waals surface area contributed by atoms with Gasteiger partial charge in [0.25, 0.3) is 0 Å². The van der Waals surface area contributed by atoms with Gasteiger partial charge in [0.2, 0.25) is 5.91 Å². The molecule has 2 aliphatic heterocycles. The van der Waals surface area contributed by atoms with Gasteiger partial charge in [0.1, 0.15) is 30.8 Å². The third-order valence-electron chi connectivity index (χ3n) is 6.66. The third kappa shape index (κ3) is 6.80. The standard InChI is InChI=1S/C27H36N2O6/c1-19-5-3-4-13-29(19)18-23(27(31)20-6-11-24-25(17-20)35-16-15-34-24)28-26(30)12-14-33-22-9-7-21(32-2)8-10-22/h6-11,17,19,23,27,31H,3-5,12-16,18H2,1-2H3,(H,28,30)/t19?,23-,27-/m1/s1. The van der Waals surface area contributed by atoms with Gasteiger partial charge in [0.15, 0.2) is 11.5 Å². The van der Waals surface area contributed by atoms with E-state index in [1.54, 1.807) is 7.11 Å². The van der Waals surface area contributed by atoms with Gasteiger partial charge in [-0.25, -0.2) is 0 Å². The summed E-state index contributed by atoms with van der Waals surface area (Å²) in [7, 11) is 1.61. The van der Waals surface area contributed by atoms with E-state index in [-0.39, 0.29) is 18.9 Å². The number of nitrogens with zero attached hydrogens (tertiary/aromatic N) is 1. The largest absolute Gasteiger partial charge is 0.497 e. The Bertz CT molecular complexity index is 967. The second kappa shape index (κ2) is 12.1. The smallest absolute Gasteiger partial charge is 0.223 e. The number of fused-ring (bicyclic) bond motifs is 1. The normalized spacial score (nSPS) is 19.5. The van der Waals surface area contributed by atoms with Gasteiger partial charge in [0, 0.05) is 12.6 Å². The van der Waals surface area contributed by atoms with Gasteiger partial charge >= 0.3 is 0 Å². The molecule has 0 aliphatic carbocycles. The lowest BCUT2D eigenvalue weighted by Gasteiger charge is -2.37. The number of carbonyl (C=O) groups is 1. The number of aliphatic hydroxyl groups is 1. The van der Waals surface area contributed by atoms with Crippen LogP contribution in [0, 0.1) is 0 Å². The van der Waals surface area contributed by atoms with Crippen molar-refractivity contribution in [2.24, 2.45) is 0 Å². The Balaban J connectivity index is 1.40. The molecule has 2 aromatic carbocycles. The lowest BCUT2D eigenvalue weighted by atomic mass is 9.98. The summed E-state index contributed by atoms with van der Waals surface area (Å²) in [5.41, 5.74) is 0.693. The molecule has 1 amide bonds. The number of methoxy groups -OCH3 is 1. The Morgan fingerprint density at radius 3 is 2.60 bits per heavy atom. The van der Waals surface area contributed by atoms with Crippen LogP contribution in [0.3, 0.4) is 0 Å². The van der Waals surface area contributed by atoms with Gasteiger partial charge in [-0.05, 0) is 68.3 Å². The first-order valence-corrected chi connectivity index (χ1v) is 12.4. The highest BCUT2D eigenvalue weighted by Crippen LogP contribution is 2.33. The number of aliphatic hydroxyl groups excluding tert-OH is 1. The minimum absolute atomic E-state index is 0.162. The van der Waals surface area contributed by atoms with Gasteiger partial charge < -0.3 is 29.4 Å². The second-order valence-electron chi connectivity index (χ2n) is 9.14. The van der Waals surface area contributed by atoms with Crippen LogP contribution in [-0.4, -0.2) is 68.0 Å². The van der Waals surface area contributed by atoms with Crippen LogP contribution in [0.2, 0.25) is 0 Å². The Labute approximate surface area is 207 Å². The maximum atomic E-state index is 12.9. The first kappa shape index (κ1) is 25.1. The number of piperidine rings is 1. The fourth-order valence-corrected chi connectivity index (χ4v) is 4.59. The maximum absolute atomic E-state index is 12.9. The molecule has 2 N–H and O–H groups in total. The van der Waals surface area contributed by atoms with Gasteiger partial charge in [-0.1, -0.05) is 12.5 Å². The molecule has 2 aliphatic rings. The molecular weight excluding hydrogens is 448 g/mol. The van der Waals surface area contributed by atoms with Crippen LogP contribution in [0.4, 0.5) is 0 Å². The summed E-state index contributed by atoms with van der Waals surface area (Å²) < 4.78 is 22.2. The Kier molecular flexibility index (Phi) is 8.71. The number of hydrogen-bond donors (Lipinski definition) is 2. The summed E-state index contributed by atoms with van der Waals surface area (Å²) in [6.07, 6.45) is 2.76. The Hall–Kier alpha value is -2.97. The van der Waals surface area contributed by atoms with Gasteiger partial charge in [-0.3, -0.25) is 9.69 Å². The number of nitrogens with one attached hydrogen (secondary N) is 1. The van der Waals surface area contributed by atoms with E-state index in [1.807, 2.05) is 42.5 Å². The van der Waals surface area contributed by atoms with Crippen LogP contribution in [0.15, 0.2) is 42.5 Å². The van der Waals surface area contributed by atoms with E-state index < -0.39 is 12.1 Å². The fraction of sp³-hybridized carbons (Fsp3) is 0.519. The predicted molar refractivity (Wildman–Crippen MR) is 132 cm³/mol. The van der Waals surface area contributed by atoms with Crippen molar-refractivity contribution in [2.75, 3.05) is 40.0 Å². The zero-order valence-electron chi connectivity index (χ0n) is 20.6. The average molecular weight is 485 g/mol. The van der Waals surface area contributed by atoms with Crippen LogP contribution >= 0.6 is 0 Å². The van der Waals surface area contributed by atoms with E-state index in [0.29, 0.717) is 48.6 Å². The van der Waals surface area contributed by atoms with Crippen LogP contribution in [0.25, 0.3) is 0 Å². The molecule has 8 nitrogen and oxygen atoms in total. The molecule has 8 heteroatoms. The van der Waals surface area contributed by atoms with Crippen molar-refractivity contribution in [1.82, 2.24) is 10.2 Å². The molecule has 2 heterocycles. The highest BCUT2D eigenvalue weighted by Gasteiger charge is 2.29. The quantitative estimate of drug-likeness (QED) is 0.535. The fourth-order valence-electron chi connectivity index (χ4n) is 4.59. The predicted octanol–water partition coefficient (Wildman–Crippen LogP) is 3.33. The van der Waals surface area contributed by atoms with Crippen molar-refractivity contribution in [3.63, 3.8) is 0 Å². The van der Waals surface area contributed by atoms with E-state index in [9.17, 15) is 9.90 Å². The summed E-state index contributed by atoms with van der Waals surface area (Å²) in [5, 5.41) is 14.4. The van der Waals surface area contributed by atoms with E-state index in [2.05, 4.69) is 17.1 Å². The summed E-state index contributed by atoms with van der Waals surface area (Å²) in [5.74, 6) is 2.56. The summed E-state index contributed by atoms with van der Waals surface area (Å²) in [6, 6.07) is 12.7. The molecule has 4 rings (SSSR count). The molecule has 0 saturated carbocycles. The number of likely N-dealkylation sites (tertiary alicyclic amines) is 1. The number of ether oxygens (including phenoxy) is 4. The molecule has 2 aromatic rings. The van der Waals surface area contributed by atoms with Crippen LogP contribution in [-0.2, 0) is 4.79 Å². The molecule has 0 radical (unpaired) electrons. The average Bonchev–Trinajstić information content (AvgIpc) is 2.89. The zero-order chi connectivity index (χ0) is 24.6. The topological polar surface area (TPSA) is 89.5 Å². The van der Waals surface area contributed by atoms with Crippen molar-refractivity contribution >= 4 is 5.91 Å².